The Bertz CT molecular complexity index is 2760. The van der Waals surface area contributed by atoms with Crippen molar-refractivity contribution in [3.05, 3.63) is 152 Å². The molecule has 10 aromatic rings. The second-order valence-electron chi connectivity index (χ2n) is 11.7. The van der Waals surface area contributed by atoms with Gasteiger partial charge in [0.1, 0.15) is 11.1 Å². The minimum absolute atomic E-state index is 0.917. The number of hydrogen-bond donors (Lipinski definition) is 0. The molecule has 0 radical (unpaired) electrons. The van der Waals surface area contributed by atoms with Gasteiger partial charge in [0.2, 0.25) is 0 Å². The van der Waals surface area contributed by atoms with Crippen molar-refractivity contribution >= 4 is 75.3 Å². The van der Waals surface area contributed by atoms with Gasteiger partial charge >= 0.3 is 0 Å². The Morgan fingerprint density at radius 1 is 0.489 bits per heavy atom. The molecule has 7 aromatic carbocycles. The molecule has 2 nitrogen and oxygen atoms in total. The van der Waals surface area contributed by atoms with Crippen LogP contribution in [0.2, 0.25) is 0 Å². The largest absolute Gasteiger partial charge is 0.453 e. The monoisotopic (exact) mass is 591 g/mol. The Hall–Kier alpha value is -5.64. The summed E-state index contributed by atoms with van der Waals surface area (Å²) in [6, 6.07) is 54.5. The summed E-state index contributed by atoms with van der Waals surface area (Å²) in [5.74, 6) is 0. The first-order chi connectivity index (χ1) is 22.3. The third-order valence-corrected chi connectivity index (χ3v) is 10.4. The number of fused-ring (bicyclic) bond motifs is 10. The van der Waals surface area contributed by atoms with E-state index >= 15 is 0 Å². The van der Waals surface area contributed by atoms with E-state index in [2.05, 4.69) is 156 Å². The molecule has 45 heavy (non-hydrogen) atoms. The normalized spacial score (nSPS) is 12.0. The van der Waals surface area contributed by atoms with Crippen LogP contribution in [0.3, 0.4) is 0 Å². The molecule has 0 saturated carbocycles. The van der Waals surface area contributed by atoms with Crippen molar-refractivity contribution < 1.29 is 4.42 Å². The highest BCUT2D eigenvalue weighted by molar-refractivity contribution is 7.26. The fraction of sp³-hybridized carbons (Fsp3) is 0. The predicted octanol–water partition coefficient (Wildman–Crippen LogP) is 12.4. The van der Waals surface area contributed by atoms with Crippen molar-refractivity contribution in [2.24, 2.45) is 0 Å². The van der Waals surface area contributed by atoms with E-state index in [4.69, 9.17) is 4.42 Å². The molecule has 0 spiro atoms. The lowest BCUT2D eigenvalue weighted by Gasteiger charge is -2.10. The van der Waals surface area contributed by atoms with Crippen LogP contribution in [0.25, 0.3) is 91.9 Å². The molecule has 210 valence electrons. The van der Waals surface area contributed by atoms with Crippen LogP contribution in [0, 0.1) is 0 Å². The van der Waals surface area contributed by atoms with Gasteiger partial charge in [-0.2, -0.15) is 0 Å². The lowest BCUT2D eigenvalue weighted by Crippen LogP contribution is -1.92. The van der Waals surface area contributed by atoms with Crippen molar-refractivity contribution in [3.8, 4) is 27.9 Å². The summed E-state index contributed by atoms with van der Waals surface area (Å²) in [5.41, 5.74) is 9.94. The molecule has 0 saturated heterocycles. The van der Waals surface area contributed by atoms with Crippen molar-refractivity contribution in [3.63, 3.8) is 0 Å². The average Bonchev–Trinajstić information content (AvgIpc) is 3.78. The second kappa shape index (κ2) is 9.43. The standard InChI is InChI=1S/C42H25NOS/c1-2-14-29(15-3-1)43-36-21-7-6-17-33(36)41-39(43)35-20-9-19-31(40(35)44-41)28-13-8-12-27(25-28)30-18-10-22-37-38(30)34-24-23-26-11-4-5-16-32(26)42(34)45-37/h1-25H. The number of furan rings is 1. The summed E-state index contributed by atoms with van der Waals surface area (Å²) < 4.78 is 11.8. The van der Waals surface area contributed by atoms with Crippen LogP contribution >= 0.6 is 11.3 Å². The number of hydrogen-bond acceptors (Lipinski definition) is 2. The van der Waals surface area contributed by atoms with Crippen molar-refractivity contribution in [2.45, 2.75) is 0 Å². The quantitative estimate of drug-likeness (QED) is 0.200. The maximum Gasteiger partial charge on any atom is 0.161 e. The molecule has 0 aliphatic carbocycles. The molecule has 0 fully saturated rings. The number of aromatic nitrogens is 1. The maximum absolute atomic E-state index is 6.84. The number of benzene rings is 7. The molecule has 0 aliphatic heterocycles. The molecule has 10 rings (SSSR count). The lowest BCUT2D eigenvalue weighted by molar-refractivity contribution is 0.674. The molecule has 0 unspecified atom stereocenters. The minimum atomic E-state index is 0.917. The van der Waals surface area contributed by atoms with Gasteiger partial charge in [-0.15, -0.1) is 11.3 Å². The highest BCUT2D eigenvalue weighted by Crippen LogP contribution is 2.45. The molecule has 3 heterocycles. The van der Waals surface area contributed by atoms with E-state index < -0.39 is 0 Å². The van der Waals surface area contributed by atoms with E-state index in [-0.39, 0.29) is 0 Å². The van der Waals surface area contributed by atoms with Crippen LogP contribution in [0.4, 0.5) is 0 Å². The van der Waals surface area contributed by atoms with Crippen LogP contribution in [0.15, 0.2) is 156 Å². The van der Waals surface area contributed by atoms with Crippen LogP contribution in [-0.2, 0) is 0 Å². The zero-order valence-electron chi connectivity index (χ0n) is 24.2. The van der Waals surface area contributed by atoms with Gasteiger partial charge in [0.05, 0.1) is 5.52 Å². The SMILES string of the molecule is c1ccc(-n2c3ccccc3c3oc4c(-c5cccc(-c6cccc7sc8c9ccccc9ccc8c67)c5)cccc4c32)cc1. The smallest absolute Gasteiger partial charge is 0.161 e. The molecule has 3 heteroatoms. The van der Waals surface area contributed by atoms with E-state index in [0.29, 0.717) is 0 Å². The van der Waals surface area contributed by atoms with Crippen LogP contribution in [0.1, 0.15) is 0 Å². The third kappa shape index (κ3) is 3.56. The number of thiophene rings is 1. The Morgan fingerprint density at radius 3 is 2.11 bits per heavy atom. The van der Waals surface area contributed by atoms with Crippen molar-refractivity contribution in [2.75, 3.05) is 0 Å². The number of para-hydroxylation sites is 3. The Labute approximate surface area is 263 Å². The Morgan fingerprint density at radius 2 is 1.20 bits per heavy atom. The Kier molecular flexibility index (Phi) is 5.19. The molecular formula is C42H25NOS. The maximum atomic E-state index is 6.84. The van der Waals surface area contributed by atoms with Gasteiger partial charge in [-0.3, -0.25) is 0 Å². The Balaban J connectivity index is 1.20. The molecule has 0 N–H and O–H groups in total. The van der Waals surface area contributed by atoms with Crippen LogP contribution < -0.4 is 0 Å². The fourth-order valence-corrected chi connectivity index (χ4v) is 8.48. The minimum Gasteiger partial charge on any atom is -0.453 e. The van der Waals surface area contributed by atoms with E-state index in [0.717, 1.165) is 49.8 Å². The van der Waals surface area contributed by atoms with E-state index in [9.17, 15) is 0 Å². The van der Waals surface area contributed by atoms with Gasteiger partial charge in [0, 0.05) is 42.2 Å². The van der Waals surface area contributed by atoms with Gasteiger partial charge in [-0.1, -0.05) is 109 Å². The van der Waals surface area contributed by atoms with Crippen LogP contribution in [-0.4, -0.2) is 4.57 Å². The first-order valence-corrected chi connectivity index (χ1v) is 16.1. The van der Waals surface area contributed by atoms with E-state index in [1.807, 2.05) is 11.3 Å². The highest BCUT2D eigenvalue weighted by atomic mass is 32.1. The van der Waals surface area contributed by atoms with Gasteiger partial charge in [0.25, 0.3) is 0 Å². The number of nitrogens with zero attached hydrogens (tertiary/aromatic N) is 1. The predicted molar refractivity (Wildman–Crippen MR) is 192 cm³/mol. The first-order valence-electron chi connectivity index (χ1n) is 15.3. The zero-order valence-corrected chi connectivity index (χ0v) is 25.0. The van der Waals surface area contributed by atoms with Crippen molar-refractivity contribution in [1.29, 1.82) is 0 Å². The van der Waals surface area contributed by atoms with Crippen molar-refractivity contribution in [1.82, 2.24) is 4.57 Å². The van der Waals surface area contributed by atoms with E-state index in [1.165, 1.54) is 42.1 Å². The van der Waals surface area contributed by atoms with Gasteiger partial charge in [-0.05, 0) is 69.9 Å². The van der Waals surface area contributed by atoms with Gasteiger partial charge in [-0.25, -0.2) is 0 Å². The summed E-state index contributed by atoms with van der Waals surface area (Å²) in [6.07, 6.45) is 0. The number of rotatable bonds is 3. The lowest BCUT2D eigenvalue weighted by atomic mass is 9.95. The second-order valence-corrected chi connectivity index (χ2v) is 12.7. The third-order valence-electron chi connectivity index (χ3n) is 9.19. The fourth-order valence-electron chi connectivity index (χ4n) is 7.21. The van der Waals surface area contributed by atoms with Gasteiger partial charge < -0.3 is 8.98 Å². The summed E-state index contributed by atoms with van der Waals surface area (Å²) in [7, 11) is 0. The molecule has 0 atom stereocenters. The summed E-state index contributed by atoms with van der Waals surface area (Å²) in [6.45, 7) is 0. The topological polar surface area (TPSA) is 18.1 Å². The molecule has 0 aliphatic rings. The average molecular weight is 592 g/mol. The summed E-state index contributed by atoms with van der Waals surface area (Å²) in [5, 5.41) is 7.48. The highest BCUT2D eigenvalue weighted by Gasteiger charge is 2.21. The van der Waals surface area contributed by atoms with E-state index in [1.54, 1.807) is 0 Å². The summed E-state index contributed by atoms with van der Waals surface area (Å²) >= 11 is 1.89. The summed E-state index contributed by atoms with van der Waals surface area (Å²) in [4.78, 5) is 0. The molecular weight excluding hydrogens is 567 g/mol. The first kappa shape index (κ1) is 24.8. The molecule has 3 aromatic heterocycles. The molecule has 0 amide bonds. The van der Waals surface area contributed by atoms with Crippen LogP contribution in [0.5, 0.6) is 0 Å². The molecule has 0 bridgehead atoms. The zero-order chi connectivity index (χ0) is 29.5. The van der Waals surface area contributed by atoms with Gasteiger partial charge in [0.15, 0.2) is 5.58 Å².